The van der Waals surface area contributed by atoms with Gasteiger partial charge in [0.05, 0.1) is 12.6 Å². The van der Waals surface area contributed by atoms with Crippen molar-refractivity contribution in [2.24, 2.45) is 5.73 Å². The first-order valence-electron chi connectivity index (χ1n) is 7.08. The second-order valence-electron chi connectivity index (χ2n) is 5.48. The van der Waals surface area contributed by atoms with E-state index < -0.39 is 0 Å². The summed E-state index contributed by atoms with van der Waals surface area (Å²) in [6.07, 6.45) is 1.84. The van der Waals surface area contributed by atoms with Gasteiger partial charge in [0.25, 0.3) is 5.91 Å². The molecule has 2 heterocycles. The third kappa shape index (κ3) is 3.45. The van der Waals surface area contributed by atoms with Crippen molar-refractivity contribution >= 4 is 28.2 Å². The molecule has 0 saturated carbocycles. The third-order valence-electron chi connectivity index (χ3n) is 3.89. The molecule has 1 aromatic rings. The molecule has 0 spiro atoms. The van der Waals surface area contributed by atoms with E-state index in [4.69, 9.17) is 16.6 Å². The molecule has 1 fully saturated rings. The summed E-state index contributed by atoms with van der Waals surface area (Å²) in [6.45, 7) is 3.37. The lowest BCUT2D eigenvalue weighted by atomic mass is 10.1. The lowest BCUT2D eigenvalue weighted by molar-refractivity contribution is 0.0688. The Bertz CT molecular complexity index is 499. The summed E-state index contributed by atoms with van der Waals surface area (Å²) in [4.78, 5) is 20.7. The fraction of sp³-hybridized carbons (Fsp3) is 0.692. The van der Waals surface area contributed by atoms with Gasteiger partial charge in [-0.25, -0.2) is 4.98 Å². The highest BCUT2D eigenvalue weighted by Gasteiger charge is 2.25. The van der Waals surface area contributed by atoms with E-state index in [-0.39, 0.29) is 30.4 Å². The number of carbonyl (C=O) groups excluding carboxylic acids is 1. The van der Waals surface area contributed by atoms with Gasteiger partial charge in [-0.3, -0.25) is 4.79 Å². The van der Waals surface area contributed by atoms with Crippen LogP contribution in [0.4, 0.5) is 10.9 Å². The van der Waals surface area contributed by atoms with E-state index >= 15 is 0 Å². The Hall–Kier alpha value is -1.38. The number of nitrogens with zero attached hydrogens (tertiary/aromatic N) is 3. The zero-order valence-electron chi connectivity index (χ0n) is 12.5. The molecule has 7 nitrogen and oxygen atoms in total. The van der Waals surface area contributed by atoms with Gasteiger partial charge < -0.3 is 26.4 Å². The van der Waals surface area contributed by atoms with Gasteiger partial charge in [-0.15, -0.1) is 0 Å². The maximum Gasteiger partial charge on any atom is 0.267 e. The van der Waals surface area contributed by atoms with E-state index in [0.717, 1.165) is 31.1 Å². The van der Waals surface area contributed by atoms with Gasteiger partial charge in [-0.2, -0.15) is 0 Å². The van der Waals surface area contributed by atoms with Gasteiger partial charge in [0.2, 0.25) is 0 Å². The van der Waals surface area contributed by atoms with Crippen molar-refractivity contribution in [2.75, 3.05) is 37.4 Å². The SMILES string of the molecule is CC(CO)N(C)C(=O)c1sc(N2CCC(N)CC2)nc1N. The predicted octanol–water partition coefficient (Wildman–Crippen LogP) is 0.106. The quantitative estimate of drug-likeness (QED) is 0.728. The van der Waals surface area contributed by atoms with Gasteiger partial charge in [0.1, 0.15) is 10.7 Å². The number of aliphatic hydroxyl groups is 1. The molecule has 1 aliphatic rings. The molecule has 1 atom stereocenters. The van der Waals surface area contributed by atoms with Crippen LogP contribution in [-0.2, 0) is 0 Å². The second kappa shape index (κ2) is 6.59. The molecule has 1 unspecified atom stereocenters. The van der Waals surface area contributed by atoms with E-state index in [0.29, 0.717) is 4.88 Å². The smallest absolute Gasteiger partial charge is 0.267 e. The van der Waals surface area contributed by atoms with Crippen LogP contribution in [0.2, 0.25) is 0 Å². The van der Waals surface area contributed by atoms with E-state index in [1.807, 2.05) is 0 Å². The van der Waals surface area contributed by atoms with Crippen LogP contribution < -0.4 is 16.4 Å². The van der Waals surface area contributed by atoms with E-state index in [1.54, 1.807) is 14.0 Å². The summed E-state index contributed by atoms with van der Waals surface area (Å²) in [5.74, 6) is 0.0540. The minimum Gasteiger partial charge on any atom is -0.394 e. The fourth-order valence-corrected chi connectivity index (χ4v) is 3.20. The lowest BCUT2D eigenvalue weighted by Gasteiger charge is -2.29. The number of amides is 1. The molecule has 0 aliphatic carbocycles. The average Bonchev–Trinajstić information content (AvgIpc) is 2.87. The molecular formula is C13H23N5O2S. The van der Waals surface area contributed by atoms with Crippen LogP contribution in [0.15, 0.2) is 0 Å². The Labute approximate surface area is 128 Å². The Kier molecular flexibility index (Phi) is 5.02. The first kappa shape index (κ1) is 16.0. The first-order chi connectivity index (χ1) is 9.93. The van der Waals surface area contributed by atoms with Crippen molar-refractivity contribution in [3.63, 3.8) is 0 Å². The molecule has 0 bridgehead atoms. The molecule has 2 rings (SSSR count). The van der Waals surface area contributed by atoms with E-state index in [9.17, 15) is 4.79 Å². The molecular weight excluding hydrogens is 290 g/mol. The standard InChI is InChI=1S/C13H23N5O2S/c1-8(7-19)17(2)12(20)10-11(15)16-13(21-10)18-5-3-9(14)4-6-18/h8-9,19H,3-7,14-15H2,1-2H3. The summed E-state index contributed by atoms with van der Waals surface area (Å²) in [5, 5.41) is 9.92. The van der Waals surface area contributed by atoms with Crippen molar-refractivity contribution in [1.29, 1.82) is 0 Å². The third-order valence-corrected chi connectivity index (χ3v) is 5.01. The zero-order valence-corrected chi connectivity index (χ0v) is 13.3. The molecule has 8 heteroatoms. The highest BCUT2D eigenvalue weighted by Crippen LogP contribution is 2.30. The largest absolute Gasteiger partial charge is 0.394 e. The van der Waals surface area contributed by atoms with Crippen LogP contribution in [0.3, 0.4) is 0 Å². The number of nitrogen functional groups attached to an aromatic ring is 1. The van der Waals surface area contributed by atoms with Crippen molar-refractivity contribution in [3.8, 4) is 0 Å². The lowest BCUT2D eigenvalue weighted by Crippen LogP contribution is -2.39. The van der Waals surface area contributed by atoms with Crippen molar-refractivity contribution in [2.45, 2.75) is 31.8 Å². The van der Waals surface area contributed by atoms with E-state index in [1.165, 1.54) is 16.2 Å². The molecule has 5 N–H and O–H groups in total. The Morgan fingerprint density at radius 2 is 2.19 bits per heavy atom. The Balaban J connectivity index is 2.13. The number of hydrogen-bond donors (Lipinski definition) is 3. The Morgan fingerprint density at radius 1 is 1.57 bits per heavy atom. The number of thiazole rings is 1. The van der Waals surface area contributed by atoms with Crippen molar-refractivity contribution < 1.29 is 9.90 Å². The summed E-state index contributed by atoms with van der Waals surface area (Å²) in [5.41, 5.74) is 11.8. The molecule has 0 radical (unpaired) electrons. The zero-order chi connectivity index (χ0) is 15.6. The van der Waals surface area contributed by atoms with Crippen molar-refractivity contribution in [1.82, 2.24) is 9.88 Å². The summed E-state index contributed by atoms with van der Waals surface area (Å²) in [7, 11) is 1.65. The molecule has 0 aromatic carbocycles. The van der Waals surface area contributed by atoms with Crippen LogP contribution in [0, 0.1) is 0 Å². The molecule has 1 amide bonds. The monoisotopic (exact) mass is 313 g/mol. The van der Waals surface area contributed by atoms with Gasteiger partial charge in [-0.05, 0) is 19.8 Å². The number of aromatic nitrogens is 1. The average molecular weight is 313 g/mol. The van der Waals surface area contributed by atoms with Crippen LogP contribution in [0.25, 0.3) is 0 Å². The van der Waals surface area contributed by atoms with Crippen molar-refractivity contribution in [3.05, 3.63) is 4.88 Å². The van der Waals surface area contributed by atoms with Gasteiger partial charge in [0, 0.05) is 26.2 Å². The van der Waals surface area contributed by atoms with Gasteiger partial charge in [0.15, 0.2) is 5.13 Å². The van der Waals surface area contributed by atoms with Crippen LogP contribution >= 0.6 is 11.3 Å². The van der Waals surface area contributed by atoms with Crippen LogP contribution in [0.1, 0.15) is 29.4 Å². The minimum atomic E-state index is -0.254. The number of anilines is 2. The van der Waals surface area contributed by atoms with Gasteiger partial charge >= 0.3 is 0 Å². The number of hydrogen-bond acceptors (Lipinski definition) is 7. The van der Waals surface area contributed by atoms with Crippen LogP contribution in [-0.4, -0.2) is 59.7 Å². The normalized spacial score (nSPS) is 17.8. The fourth-order valence-electron chi connectivity index (χ4n) is 2.18. The van der Waals surface area contributed by atoms with E-state index in [2.05, 4.69) is 9.88 Å². The first-order valence-corrected chi connectivity index (χ1v) is 7.90. The summed E-state index contributed by atoms with van der Waals surface area (Å²) in [6, 6.07) is -0.00775. The predicted molar refractivity (Wildman–Crippen MR) is 84.6 cm³/mol. The molecule has 1 aromatic heterocycles. The number of nitrogens with two attached hydrogens (primary N) is 2. The number of rotatable bonds is 4. The number of likely N-dealkylation sites (N-methyl/N-ethyl adjacent to an activating group) is 1. The number of carbonyl (C=O) groups is 1. The summed E-state index contributed by atoms with van der Waals surface area (Å²) < 4.78 is 0. The molecule has 1 aliphatic heterocycles. The number of piperidine rings is 1. The highest BCUT2D eigenvalue weighted by atomic mass is 32.1. The number of aliphatic hydroxyl groups excluding tert-OH is 1. The second-order valence-corrected chi connectivity index (χ2v) is 6.46. The molecule has 118 valence electrons. The summed E-state index contributed by atoms with van der Waals surface area (Å²) >= 11 is 1.31. The minimum absolute atomic E-state index is 0.0855. The van der Waals surface area contributed by atoms with Gasteiger partial charge in [-0.1, -0.05) is 11.3 Å². The topological polar surface area (TPSA) is 109 Å². The Morgan fingerprint density at radius 3 is 2.76 bits per heavy atom. The maximum atomic E-state index is 12.4. The maximum absolute atomic E-state index is 12.4. The molecule has 1 saturated heterocycles. The van der Waals surface area contributed by atoms with Crippen LogP contribution in [0.5, 0.6) is 0 Å². The molecule has 21 heavy (non-hydrogen) atoms. The highest BCUT2D eigenvalue weighted by molar-refractivity contribution is 7.18.